The Balaban J connectivity index is 1.56. The first-order valence-electron chi connectivity index (χ1n) is 10.5. The highest BCUT2D eigenvalue weighted by molar-refractivity contribution is 4.92. The molecular weight excluding hydrogens is 456 g/mol. The van der Waals surface area contributed by atoms with Crippen molar-refractivity contribution in [3.05, 3.63) is 0 Å². The van der Waals surface area contributed by atoms with Crippen LogP contribution in [0.5, 0.6) is 0 Å². The summed E-state index contributed by atoms with van der Waals surface area (Å²) >= 11 is 0. The number of aliphatic hydroxyl groups is 10. The van der Waals surface area contributed by atoms with Crippen molar-refractivity contribution < 1.29 is 74.7 Å². The zero-order valence-corrected chi connectivity index (χ0v) is 17.4. The Bertz CT molecular complexity index is 609. The molecule has 3 fully saturated rings. The molecule has 0 aromatic carbocycles. The Morgan fingerprint density at radius 3 is 1.58 bits per heavy atom. The minimum absolute atomic E-state index is 0.180. The van der Waals surface area contributed by atoms with Gasteiger partial charge in [-0.25, -0.2) is 0 Å². The van der Waals surface area contributed by atoms with E-state index >= 15 is 0 Å². The molecule has 15 nitrogen and oxygen atoms in total. The van der Waals surface area contributed by atoms with Crippen LogP contribution in [0.2, 0.25) is 0 Å². The minimum Gasteiger partial charge on any atom is -0.394 e. The average Bonchev–Trinajstić information content (AvgIpc) is 2.79. The van der Waals surface area contributed by atoms with Crippen LogP contribution in [0.3, 0.4) is 0 Å². The van der Waals surface area contributed by atoms with Crippen molar-refractivity contribution in [3.63, 3.8) is 0 Å². The van der Waals surface area contributed by atoms with Gasteiger partial charge in [0, 0.05) is 6.42 Å². The lowest BCUT2D eigenvalue weighted by molar-refractivity contribution is -0.337. The highest BCUT2D eigenvalue weighted by Gasteiger charge is 2.48. The van der Waals surface area contributed by atoms with Crippen LogP contribution in [0, 0.1) is 0 Å². The van der Waals surface area contributed by atoms with E-state index in [4.69, 9.17) is 23.7 Å². The van der Waals surface area contributed by atoms with Gasteiger partial charge in [0.05, 0.1) is 25.9 Å². The lowest BCUT2D eigenvalue weighted by Gasteiger charge is -2.43. The van der Waals surface area contributed by atoms with Crippen LogP contribution < -0.4 is 0 Å². The molecule has 0 aliphatic carbocycles. The predicted molar refractivity (Wildman–Crippen MR) is 99.9 cm³/mol. The minimum atomic E-state index is -1.74. The summed E-state index contributed by atoms with van der Waals surface area (Å²) in [6.45, 7) is -1.61. The van der Waals surface area contributed by atoms with E-state index in [0.29, 0.717) is 0 Å². The van der Waals surface area contributed by atoms with Gasteiger partial charge in [-0.1, -0.05) is 0 Å². The molecule has 0 spiro atoms. The fourth-order valence-corrected chi connectivity index (χ4v) is 3.80. The normalized spacial score (nSPS) is 51.5. The third kappa shape index (κ3) is 5.97. The Morgan fingerprint density at radius 2 is 1.03 bits per heavy atom. The standard InChI is InChI=1S/C18H32O15/c19-2-7-10(22)12(24)14(26)17(32-7)30-4-9-11(23)13(25)15(27)18(33-9)29-3-8-5(20)1-6(21)16(28)31-8/h5-28H,1-4H2/t5-,6-,7-,8-,9-,10+,11+,12+,13+,14-,15-,16-,17-,18-/m1/s1. The third-order valence-corrected chi connectivity index (χ3v) is 5.92. The second kappa shape index (κ2) is 11.4. The molecule has 33 heavy (non-hydrogen) atoms. The van der Waals surface area contributed by atoms with E-state index in [-0.39, 0.29) is 6.42 Å². The summed E-state index contributed by atoms with van der Waals surface area (Å²) in [4.78, 5) is 0. The Kier molecular flexibility index (Phi) is 9.35. The number of rotatable bonds is 7. The second-order valence-corrected chi connectivity index (χ2v) is 8.31. The van der Waals surface area contributed by atoms with Gasteiger partial charge in [0.1, 0.15) is 61.0 Å². The van der Waals surface area contributed by atoms with E-state index in [2.05, 4.69) is 0 Å². The van der Waals surface area contributed by atoms with Gasteiger partial charge in [0.15, 0.2) is 18.9 Å². The van der Waals surface area contributed by atoms with E-state index in [1.165, 1.54) is 0 Å². The molecule has 3 aliphatic heterocycles. The zero-order valence-electron chi connectivity index (χ0n) is 17.4. The van der Waals surface area contributed by atoms with Crippen LogP contribution in [0.15, 0.2) is 0 Å². The summed E-state index contributed by atoms with van der Waals surface area (Å²) in [6, 6.07) is 0. The van der Waals surface area contributed by atoms with Gasteiger partial charge in [-0.05, 0) is 0 Å². The fraction of sp³-hybridized carbons (Fsp3) is 1.00. The molecule has 0 bridgehead atoms. The zero-order chi connectivity index (χ0) is 24.4. The van der Waals surface area contributed by atoms with Crippen molar-refractivity contribution in [2.45, 2.75) is 92.4 Å². The topological polar surface area (TPSA) is 248 Å². The molecule has 194 valence electrons. The van der Waals surface area contributed by atoms with Crippen LogP contribution in [0.4, 0.5) is 0 Å². The maximum Gasteiger partial charge on any atom is 0.186 e. The molecule has 0 aromatic rings. The smallest absolute Gasteiger partial charge is 0.186 e. The molecule has 0 radical (unpaired) electrons. The van der Waals surface area contributed by atoms with E-state index < -0.39 is 106 Å². The molecular formula is C18H32O15. The van der Waals surface area contributed by atoms with Crippen LogP contribution in [-0.2, 0) is 23.7 Å². The number of aliphatic hydroxyl groups excluding tert-OH is 10. The van der Waals surface area contributed by atoms with E-state index in [1.54, 1.807) is 0 Å². The summed E-state index contributed by atoms with van der Waals surface area (Å²) in [5.41, 5.74) is 0. The van der Waals surface area contributed by atoms with Crippen molar-refractivity contribution in [1.29, 1.82) is 0 Å². The first kappa shape index (κ1) is 27.0. The molecule has 0 amide bonds. The van der Waals surface area contributed by atoms with Crippen LogP contribution >= 0.6 is 0 Å². The van der Waals surface area contributed by atoms with Gasteiger partial charge in [-0.2, -0.15) is 0 Å². The van der Waals surface area contributed by atoms with Gasteiger partial charge in [0.25, 0.3) is 0 Å². The van der Waals surface area contributed by atoms with Crippen LogP contribution in [0.25, 0.3) is 0 Å². The van der Waals surface area contributed by atoms with Gasteiger partial charge in [0.2, 0.25) is 0 Å². The second-order valence-electron chi connectivity index (χ2n) is 8.31. The molecule has 3 rings (SSSR count). The van der Waals surface area contributed by atoms with Crippen molar-refractivity contribution in [2.75, 3.05) is 19.8 Å². The van der Waals surface area contributed by atoms with E-state index in [9.17, 15) is 51.1 Å². The average molecular weight is 488 g/mol. The molecule has 10 N–H and O–H groups in total. The Morgan fingerprint density at radius 1 is 0.545 bits per heavy atom. The van der Waals surface area contributed by atoms with Gasteiger partial charge in [-0.3, -0.25) is 0 Å². The van der Waals surface area contributed by atoms with Gasteiger partial charge >= 0.3 is 0 Å². The van der Waals surface area contributed by atoms with Crippen molar-refractivity contribution in [1.82, 2.24) is 0 Å². The molecule has 0 aromatic heterocycles. The van der Waals surface area contributed by atoms with Gasteiger partial charge in [-0.15, -0.1) is 0 Å². The molecule has 3 aliphatic rings. The largest absolute Gasteiger partial charge is 0.394 e. The monoisotopic (exact) mass is 488 g/mol. The molecule has 3 saturated heterocycles. The summed E-state index contributed by atoms with van der Waals surface area (Å²) in [5, 5.41) is 98.4. The van der Waals surface area contributed by atoms with E-state index in [0.717, 1.165) is 0 Å². The van der Waals surface area contributed by atoms with E-state index in [1.807, 2.05) is 0 Å². The lowest BCUT2D eigenvalue weighted by atomic mass is 9.98. The molecule has 15 heteroatoms. The summed E-state index contributed by atoms with van der Waals surface area (Å²) in [7, 11) is 0. The summed E-state index contributed by atoms with van der Waals surface area (Å²) in [6.07, 6.45) is -20.9. The van der Waals surface area contributed by atoms with Crippen molar-refractivity contribution in [3.8, 4) is 0 Å². The predicted octanol–water partition coefficient (Wildman–Crippen LogP) is -6.54. The number of ether oxygens (including phenoxy) is 5. The van der Waals surface area contributed by atoms with Crippen molar-refractivity contribution >= 4 is 0 Å². The quantitative estimate of drug-likeness (QED) is 0.160. The summed E-state index contributed by atoms with van der Waals surface area (Å²) < 4.78 is 26.3. The van der Waals surface area contributed by atoms with Crippen molar-refractivity contribution in [2.24, 2.45) is 0 Å². The molecule has 3 heterocycles. The first-order chi connectivity index (χ1) is 15.5. The molecule has 0 saturated carbocycles. The number of hydrogen-bond acceptors (Lipinski definition) is 15. The van der Waals surface area contributed by atoms with Crippen LogP contribution in [0.1, 0.15) is 6.42 Å². The summed E-state index contributed by atoms with van der Waals surface area (Å²) in [5.74, 6) is 0. The maximum atomic E-state index is 10.2. The third-order valence-electron chi connectivity index (χ3n) is 5.92. The SMILES string of the molecule is OC[C@H]1O[C@@H](OC[C@H]2O[C@@H](OC[C@H]3O[C@@H](O)[C@H](O)C[C@H]3O)[C@H](O)[C@@H](O)[C@H]2O)[C@H](O)[C@@H](O)[C@H]1O. The molecule has 0 unspecified atom stereocenters. The fourth-order valence-electron chi connectivity index (χ4n) is 3.80. The molecule has 14 atom stereocenters. The highest BCUT2D eigenvalue weighted by Crippen LogP contribution is 2.27. The number of hydrogen-bond donors (Lipinski definition) is 10. The first-order valence-corrected chi connectivity index (χ1v) is 10.5. The lowest BCUT2D eigenvalue weighted by Crippen LogP contribution is -2.62. The van der Waals surface area contributed by atoms with Crippen LogP contribution in [-0.4, -0.2) is 157 Å². The maximum absolute atomic E-state index is 10.2. The Labute approximate surface area is 187 Å². The Hall–Kier alpha value is -0.600. The highest BCUT2D eigenvalue weighted by atomic mass is 16.7. The van der Waals surface area contributed by atoms with Gasteiger partial charge < -0.3 is 74.7 Å².